The number of aryl methyl sites for hydroxylation is 1. The number of nitrogens with zero attached hydrogens (tertiary/aromatic N) is 2. The van der Waals surface area contributed by atoms with Crippen LogP contribution in [0.15, 0.2) is 30.3 Å². The molecule has 2 atom stereocenters. The number of aliphatic carboxylic acids is 1. The van der Waals surface area contributed by atoms with Gasteiger partial charge in [0.05, 0.1) is 12.0 Å². The number of carboxylic acids is 1. The standard InChI is InChI=1S/C30H38N2O3/c1-2-20-5-11-26(12-6-20)35-29-14-8-22-16-21(7-13-27(22)28(29)19-31)4-3-15-32-24-9-10-25(32)18-23(17-24)30(33)34/h7-8,13-14,16,20,23-26H,2-6,9-12,15,17-18H2,1H3,(H,33,34). The lowest BCUT2D eigenvalue weighted by Crippen LogP contribution is -2.45. The third kappa shape index (κ3) is 5.19. The Labute approximate surface area is 209 Å². The molecule has 3 aliphatic rings. The Bertz CT molecular complexity index is 1080. The highest BCUT2D eigenvalue weighted by molar-refractivity contribution is 5.90. The number of carboxylic acid groups (broad SMARTS) is 1. The minimum atomic E-state index is -0.619. The van der Waals surface area contributed by atoms with Gasteiger partial charge in [-0.2, -0.15) is 5.26 Å². The van der Waals surface area contributed by atoms with E-state index in [0.29, 0.717) is 17.6 Å². The van der Waals surface area contributed by atoms with E-state index in [1.807, 2.05) is 6.07 Å². The Balaban J connectivity index is 1.20. The molecule has 3 fully saturated rings. The highest BCUT2D eigenvalue weighted by Gasteiger charge is 2.42. The predicted molar refractivity (Wildman–Crippen MR) is 138 cm³/mol. The maximum atomic E-state index is 11.4. The smallest absolute Gasteiger partial charge is 0.306 e. The van der Waals surface area contributed by atoms with Crippen LogP contribution in [0.5, 0.6) is 5.75 Å². The van der Waals surface area contributed by atoms with Gasteiger partial charge in [0, 0.05) is 17.5 Å². The van der Waals surface area contributed by atoms with Gasteiger partial charge in [0.1, 0.15) is 17.4 Å². The number of carbonyl (C=O) groups is 1. The van der Waals surface area contributed by atoms with Gasteiger partial charge in [0.15, 0.2) is 0 Å². The summed E-state index contributed by atoms with van der Waals surface area (Å²) in [6.45, 7) is 3.31. The first kappa shape index (κ1) is 24.1. The van der Waals surface area contributed by atoms with Crippen molar-refractivity contribution < 1.29 is 14.6 Å². The number of nitriles is 1. The van der Waals surface area contributed by atoms with Crippen LogP contribution < -0.4 is 4.74 Å². The summed E-state index contributed by atoms with van der Waals surface area (Å²) in [6.07, 6.45) is 12.0. The summed E-state index contributed by atoms with van der Waals surface area (Å²) < 4.78 is 6.32. The van der Waals surface area contributed by atoms with Gasteiger partial charge in [-0.05, 0) is 93.7 Å². The molecule has 2 unspecified atom stereocenters. The molecule has 0 aromatic heterocycles. The van der Waals surface area contributed by atoms with E-state index in [9.17, 15) is 15.2 Å². The third-order valence-electron chi connectivity index (χ3n) is 8.94. The van der Waals surface area contributed by atoms with Crippen LogP contribution in [0, 0.1) is 23.2 Å². The zero-order valence-corrected chi connectivity index (χ0v) is 20.9. The van der Waals surface area contributed by atoms with Crippen LogP contribution in [-0.4, -0.2) is 40.7 Å². The van der Waals surface area contributed by atoms with Crippen molar-refractivity contribution in [1.29, 1.82) is 5.26 Å². The zero-order chi connectivity index (χ0) is 24.4. The molecule has 5 nitrogen and oxygen atoms in total. The highest BCUT2D eigenvalue weighted by atomic mass is 16.5. The van der Waals surface area contributed by atoms with Crippen LogP contribution in [0.3, 0.4) is 0 Å². The van der Waals surface area contributed by atoms with Gasteiger partial charge in [-0.1, -0.05) is 37.6 Å². The summed E-state index contributed by atoms with van der Waals surface area (Å²) in [6, 6.07) is 13.9. The number of hydrogen-bond acceptors (Lipinski definition) is 4. The van der Waals surface area contributed by atoms with E-state index in [2.05, 4.69) is 42.2 Å². The third-order valence-corrected chi connectivity index (χ3v) is 8.94. The van der Waals surface area contributed by atoms with Gasteiger partial charge in [0.25, 0.3) is 0 Å². The van der Waals surface area contributed by atoms with E-state index in [1.165, 1.54) is 24.8 Å². The van der Waals surface area contributed by atoms with Gasteiger partial charge < -0.3 is 9.84 Å². The molecule has 186 valence electrons. The molecule has 2 heterocycles. The van der Waals surface area contributed by atoms with Crippen LogP contribution in [0.4, 0.5) is 0 Å². The molecule has 0 amide bonds. The Morgan fingerprint density at radius 3 is 2.49 bits per heavy atom. The van der Waals surface area contributed by atoms with Crippen LogP contribution >= 0.6 is 0 Å². The summed E-state index contributed by atoms with van der Waals surface area (Å²) >= 11 is 0. The first-order chi connectivity index (χ1) is 17.1. The summed E-state index contributed by atoms with van der Waals surface area (Å²) in [5.41, 5.74) is 1.95. The maximum absolute atomic E-state index is 11.4. The molecule has 2 saturated heterocycles. The number of rotatable bonds is 8. The fraction of sp³-hybridized carbons (Fsp3) is 0.600. The molecule has 35 heavy (non-hydrogen) atoms. The average molecular weight is 475 g/mol. The summed E-state index contributed by atoms with van der Waals surface area (Å²) in [4.78, 5) is 14.0. The second-order valence-electron chi connectivity index (χ2n) is 11.0. The quantitative estimate of drug-likeness (QED) is 0.485. The van der Waals surface area contributed by atoms with Crippen LogP contribution in [0.25, 0.3) is 10.8 Å². The Morgan fingerprint density at radius 1 is 1.09 bits per heavy atom. The van der Waals surface area contributed by atoms with Gasteiger partial charge in [-0.3, -0.25) is 9.69 Å². The number of piperidine rings is 1. The summed E-state index contributed by atoms with van der Waals surface area (Å²) in [7, 11) is 0. The van der Waals surface area contributed by atoms with E-state index in [4.69, 9.17) is 4.74 Å². The van der Waals surface area contributed by atoms with Crippen molar-refractivity contribution in [3.8, 4) is 11.8 Å². The van der Waals surface area contributed by atoms with Crippen molar-refractivity contribution in [3.63, 3.8) is 0 Å². The maximum Gasteiger partial charge on any atom is 0.306 e. The van der Waals surface area contributed by atoms with Gasteiger partial charge in [-0.25, -0.2) is 0 Å². The second-order valence-corrected chi connectivity index (χ2v) is 11.0. The molecule has 1 aliphatic carbocycles. The topological polar surface area (TPSA) is 73.6 Å². The minimum Gasteiger partial charge on any atom is -0.489 e. The SMILES string of the molecule is CCC1CCC(Oc2ccc3cc(CCCN4C5CCC4CC(C(=O)O)C5)ccc3c2C#N)CC1. The Kier molecular flexibility index (Phi) is 7.29. The van der Waals surface area contributed by atoms with Crippen LogP contribution in [-0.2, 0) is 11.2 Å². The fourth-order valence-electron chi connectivity index (χ4n) is 6.87. The van der Waals surface area contributed by atoms with Crippen molar-refractivity contribution in [3.05, 3.63) is 41.5 Å². The number of fused-ring (bicyclic) bond motifs is 3. The lowest BCUT2D eigenvalue weighted by molar-refractivity contribution is -0.144. The molecule has 2 aromatic rings. The number of benzene rings is 2. The second kappa shape index (κ2) is 10.6. The van der Waals surface area contributed by atoms with Crippen molar-refractivity contribution in [2.75, 3.05) is 6.54 Å². The highest BCUT2D eigenvalue weighted by Crippen LogP contribution is 2.39. The van der Waals surface area contributed by atoms with Crippen molar-refractivity contribution in [1.82, 2.24) is 4.90 Å². The molecule has 5 rings (SSSR count). The van der Waals surface area contributed by atoms with Crippen LogP contribution in [0.1, 0.15) is 82.3 Å². The molecule has 2 aromatic carbocycles. The van der Waals surface area contributed by atoms with Gasteiger partial charge >= 0.3 is 5.97 Å². The predicted octanol–water partition coefficient (Wildman–Crippen LogP) is 6.32. The van der Waals surface area contributed by atoms with Crippen molar-refractivity contribution in [2.24, 2.45) is 11.8 Å². The largest absolute Gasteiger partial charge is 0.489 e. The first-order valence-corrected chi connectivity index (χ1v) is 13.7. The lowest BCUT2D eigenvalue weighted by atomic mass is 9.86. The molecule has 1 saturated carbocycles. The Morgan fingerprint density at radius 2 is 1.83 bits per heavy atom. The Hall–Kier alpha value is -2.58. The summed E-state index contributed by atoms with van der Waals surface area (Å²) in [5, 5.41) is 21.4. The molecule has 0 radical (unpaired) electrons. The van der Waals surface area contributed by atoms with E-state index in [0.717, 1.165) is 80.4 Å². The normalized spacial score (nSPS) is 28.6. The van der Waals surface area contributed by atoms with E-state index < -0.39 is 5.97 Å². The van der Waals surface area contributed by atoms with E-state index in [-0.39, 0.29) is 12.0 Å². The first-order valence-electron chi connectivity index (χ1n) is 13.7. The minimum absolute atomic E-state index is 0.154. The average Bonchev–Trinajstić information content (AvgIpc) is 3.10. The van der Waals surface area contributed by atoms with Crippen molar-refractivity contribution in [2.45, 2.75) is 95.7 Å². The molecular formula is C30H38N2O3. The van der Waals surface area contributed by atoms with Crippen molar-refractivity contribution >= 4 is 16.7 Å². The van der Waals surface area contributed by atoms with Crippen LogP contribution in [0.2, 0.25) is 0 Å². The molecule has 1 N–H and O–H groups in total. The number of ether oxygens (including phenoxy) is 1. The molecule has 5 heteroatoms. The lowest BCUT2D eigenvalue weighted by Gasteiger charge is -2.37. The molecule has 2 aliphatic heterocycles. The van der Waals surface area contributed by atoms with E-state index >= 15 is 0 Å². The molecule has 2 bridgehead atoms. The van der Waals surface area contributed by atoms with Gasteiger partial charge in [0.2, 0.25) is 0 Å². The van der Waals surface area contributed by atoms with E-state index in [1.54, 1.807) is 0 Å². The summed E-state index contributed by atoms with van der Waals surface area (Å²) in [5.74, 6) is 0.783. The monoisotopic (exact) mass is 474 g/mol. The molecule has 0 spiro atoms. The zero-order valence-electron chi connectivity index (χ0n) is 20.9. The fourth-order valence-corrected chi connectivity index (χ4v) is 6.87. The van der Waals surface area contributed by atoms with Gasteiger partial charge in [-0.15, -0.1) is 0 Å². The molecular weight excluding hydrogens is 436 g/mol. The number of hydrogen-bond donors (Lipinski definition) is 1.